The zero-order valence-corrected chi connectivity index (χ0v) is 21.1. The van der Waals surface area contributed by atoms with Crippen LogP contribution in [-0.2, 0) is 25.6 Å². The van der Waals surface area contributed by atoms with E-state index in [1.165, 1.54) is 0 Å². The molecule has 1 aromatic carbocycles. The van der Waals surface area contributed by atoms with Gasteiger partial charge in [-0.05, 0) is 36.3 Å². The van der Waals surface area contributed by atoms with Gasteiger partial charge in [-0.15, -0.1) is 0 Å². The number of hydrogen-bond acceptors (Lipinski definition) is 6. The van der Waals surface area contributed by atoms with Crippen molar-refractivity contribution in [2.24, 2.45) is 17.6 Å². The molecule has 2 aromatic rings. The smallest absolute Gasteiger partial charge is 0.326 e. The van der Waals surface area contributed by atoms with Crippen molar-refractivity contribution in [2.45, 2.75) is 64.7 Å². The molecule has 0 saturated heterocycles. The molecule has 0 fully saturated rings. The summed E-state index contributed by atoms with van der Waals surface area (Å²) in [5.74, 6) is -3.61. The Balaban J connectivity index is 2.02. The maximum Gasteiger partial charge on any atom is 0.326 e. The number of aromatic nitrogens is 1. The molecule has 1 heterocycles. The highest BCUT2D eigenvalue weighted by atomic mass is 16.4. The normalized spacial score (nSPS) is 14.8. The molecule has 0 radical (unpaired) electrons. The number of rotatable bonds is 13. The minimum Gasteiger partial charge on any atom is -0.480 e. The van der Waals surface area contributed by atoms with E-state index in [4.69, 9.17) is 5.73 Å². The topological polar surface area (TPSA) is 187 Å². The summed E-state index contributed by atoms with van der Waals surface area (Å²) >= 11 is 0. The molecule has 4 atom stereocenters. The van der Waals surface area contributed by atoms with Gasteiger partial charge in [0.2, 0.25) is 17.7 Å². The van der Waals surface area contributed by atoms with E-state index in [9.17, 15) is 29.4 Å². The fourth-order valence-corrected chi connectivity index (χ4v) is 3.85. The van der Waals surface area contributed by atoms with E-state index in [-0.39, 0.29) is 24.7 Å². The Bertz CT molecular complexity index is 1070. The number of carbonyl (C=O) groups excluding carboxylic acids is 3. The second-order valence-corrected chi connectivity index (χ2v) is 9.67. The molecule has 8 N–H and O–H groups in total. The number of carboxylic acids is 1. The summed E-state index contributed by atoms with van der Waals surface area (Å²) in [6.45, 7) is 6.33. The molecule has 2 rings (SSSR count). The molecule has 3 amide bonds. The molecular formula is C25H37N5O6. The molecule has 1 aromatic heterocycles. The number of aromatic amines is 1. The standard InChI is InChI=1S/C25H37N5O6/c1-13(2)9-19(25(35)36)28-24(34)21(14(3)4)30-23(33)20(12-31)29-22(32)17(26)10-15-11-27-18-8-6-5-7-16(15)18/h5-8,11,13-14,17,19-21,27,31H,9-10,12,26H2,1-4H3,(H,28,34)(H,29,32)(H,30,33)(H,35,36). The van der Waals surface area contributed by atoms with E-state index in [2.05, 4.69) is 20.9 Å². The van der Waals surface area contributed by atoms with Crippen LogP contribution in [-0.4, -0.2) is 69.7 Å². The van der Waals surface area contributed by atoms with E-state index < -0.39 is 54.5 Å². The number of para-hydroxylation sites is 1. The summed E-state index contributed by atoms with van der Waals surface area (Å²) in [5, 5.41) is 27.5. The molecule has 11 heteroatoms. The lowest BCUT2D eigenvalue weighted by Crippen LogP contribution is -2.59. The fourth-order valence-electron chi connectivity index (χ4n) is 3.85. The monoisotopic (exact) mass is 503 g/mol. The highest BCUT2D eigenvalue weighted by Gasteiger charge is 2.32. The number of aliphatic hydroxyl groups excluding tert-OH is 1. The predicted molar refractivity (Wildman–Crippen MR) is 135 cm³/mol. The van der Waals surface area contributed by atoms with Gasteiger partial charge in [-0.25, -0.2) is 4.79 Å². The lowest BCUT2D eigenvalue weighted by Gasteiger charge is -2.26. The van der Waals surface area contributed by atoms with Gasteiger partial charge in [0.1, 0.15) is 18.1 Å². The molecule has 0 aliphatic heterocycles. The summed E-state index contributed by atoms with van der Waals surface area (Å²) in [4.78, 5) is 52.9. The molecule has 4 unspecified atom stereocenters. The van der Waals surface area contributed by atoms with Gasteiger partial charge in [-0.3, -0.25) is 14.4 Å². The second kappa shape index (κ2) is 13.0. The van der Waals surface area contributed by atoms with Crippen LogP contribution in [0.1, 0.15) is 39.7 Å². The summed E-state index contributed by atoms with van der Waals surface area (Å²) < 4.78 is 0. The summed E-state index contributed by atoms with van der Waals surface area (Å²) in [7, 11) is 0. The third-order valence-corrected chi connectivity index (χ3v) is 5.84. The first-order valence-electron chi connectivity index (χ1n) is 12.0. The van der Waals surface area contributed by atoms with E-state index >= 15 is 0 Å². The van der Waals surface area contributed by atoms with Crippen molar-refractivity contribution >= 4 is 34.6 Å². The molecular weight excluding hydrogens is 466 g/mol. The van der Waals surface area contributed by atoms with E-state index in [0.717, 1.165) is 16.5 Å². The van der Waals surface area contributed by atoms with Gasteiger partial charge in [0.15, 0.2) is 0 Å². The van der Waals surface area contributed by atoms with Crippen LogP contribution in [0, 0.1) is 11.8 Å². The molecule has 198 valence electrons. The van der Waals surface area contributed by atoms with E-state index in [0.29, 0.717) is 0 Å². The number of amides is 3. The Labute approximate surface area is 210 Å². The van der Waals surface area contributed by atoms with Gasteiger partial charge in [0.25, 0.3) is 0 Å². The van der Waals surface area contributed by atoms with Gasteiger partial charge < -0.3 is 36.9 Å². The average molecular weight is 504 g/mol. The number of aliphatic hydroxyl groups is 1. The highest BCUT2D eigenvalue weighted by Crippen LogP contribution is 2.18. The quantitative estimate of drug-likeness (QED) is 0.204. The van der Waals surface area contributed by atoms with Crippen molar-refractivity contribution in [3.8, 4) is 0 Å². The third kappa shape index (κ3) is 7.79. The Morgan fingerprint density at radius 3 is 2.17 bits per heavy atom. The van der Waals surface area contributed by atoms with Crippen molar-refractivity contribution < 1.29 is 29.4 Å². The molecule has 0 aliphatic rings. The third-order valence-electron chi connectivity index (χ3n) is 5.84. The first-order chi connectivity index (χ1) is 16.9. The molecule has 0 bridgehead atoms. The van der Waals surface area contributed by atoms with Gasteiger partial charge in [-0.2, -0.15) is 0 Å². The first kappa shape index (κ1) is 28.8. The maximum absolute atomic E-state index is 12.8. The second-order valence-electron chi connectivity index (χ2n) is 9.67. The number of nitrogens with two attached hydrogens (primary N) is 1. The van der Waals surface area contributed by atoms with Crippen molar-refractivity contribution in [1.82, 2.24) is 20.9 Å². The van der Waals surface area contributed by atoms with Crippen LogP contribution in [0.2, 0.25) is 0 Å². The van der Waals surface area contributed by atoms with Crippen LogP contribution in [0.3, 0.4) is 0 Å². The number of aliphatic carboxylic acids is 1. The van der Waals surface area contributed by atoms with E-state index in [1.54, 1.807) is 20.0 Å². The van der Waals surface area contributed by atoms with Crippen LogP contribution in [0.5, 0.6) is 0 Å². The van der Waals surface area contributed by atoms with Crippen LogP contribution < -0.4 is 21.7 Å². The Morgan fingerprint density at radius 2 is 1.58 bits per heavy atom. The minimum atomic E-state index is -1.34. The lowest BCUT2D eigenvalue weighted by molar-refractivity contribution is -0.143. The number of H-pyrrole nitrogens is 1. The maximum atomic E-state index is 12.8. The van der Waals surface area contributed by atoms with Crippen LogP contribution in [0.25, 0.3) is 10.9 Å². The van der Waals surface area contributed by atoms with Crippen molar-refractivity contribution in [3.63, 3.8) is 0 Å². The number of carboxylic acid groups (broad SMARTS) is 1. The minimum absolute atomic E-state index is 0.0286. The van der Waals surface area contributed by atoms with Gasteiger partial charge in [0, 0.05) is 17.1 Å². The Morgan fingerprint density at radius 1 is 0.944 bits per heavy atom. The largest absolute Gasteiger partial charge is 0.480 e. The van der Waals surface area contributed by atoms with Gasteiger partial charge in [-0.1, -0.05) is 45.9 Å². The zero-order chi connectivity index (χ0) is 27.0. The van der Waals surface area contributed by atoms with Crippen molar-refractivity contribution in [2.75, 3.05) is 6.61 Å². The lowest BCUT2D eigenvalue weighted by atomic mass is 10.00. The van der Waals surface area contributed by atoms with Crippen LogP contribution >= 0.6 is 0 Å². The molecule has 11 nitrogen and oxygen atoms in total. The SMILES string of the molecule is CC(C)CC(NC(=O)C(NC(=O)C(CO)NC(=O)C(N)Cc1c[nH]c2ccccc12)C(C)C)C(=O)O. The molecule has 0 aliphatic carbocycles. The number of fused-ring (bicyclic) bond motifs is 1. The summed E-state index contributed by atoms with van der Waals surface area (Å²) in [6, 6.07) is 3.07. The van der Waals surface area contributed by atoms with Crippen molar-refractivity contribution in [3.05, 3.63) is 36.0 Å². The van der Waals surface area contributed by atoms with Crippen molar-refractivity contribution in [1.29, 1.82) is 0 Å². The number of nitrogens with one attached hydrogen (secondary N) is 4. The van der Waals surface area contributed by atoms with Crippen LogP contribution in [0.4, 0.5) is 0 Å². The highest BCUT2D eigenvalue weighted by molar-refractivity contribution is 5.94. The predicted octanol–water partition coefficient (Wildman–Crippen LogP) is 0.271. The Hall–Kier alpha value is -3.44. The Kier molecular flexibility index (Phi) is 10.4. The zero-order valence-electron chi connectivity index (χ0n) is 21.1. The molecule has 0 spiro atoms. The van der Waals surface area contributed by atoms with E-state index in [1.807, 2.05) is 38.1 Å². The number of benzene rings is 1. The number of carbonyl (C=O) groups is 4. The van der Waals surface area contributed by atoms with Crippen LogP contribution in [0.15, 0.2) is 30.5 Å². The van der Waals surface area contributed by atoms with Gasteiger partial charge in [0.05, 0.1) is 12.6 Å². The summed E-state index contributed by atoms with van der Waals surface area (Å²) in [5.41, 5.74) is 7.81. The average Bonchev–Trinajstić information content (AvgIpc) is 3.22. The fraction of sp³-hybridized carbons (Fsp3) is 0.520. The number of hydrogen-bond donors (Lipinski definition) is 7. The molecule has 0 saturated carbocycles. The first-order valence-corrected chi connectivity index (χ1v) is 12.0. The molecule has 36 heavy (non-hydrogen) atoms. The summed E-state index contributed by atoms with van der Waals surface area (Å²) in [6.07, 6.45) is 2.20. The van der Waals surface area contributed by atoms with Gasteiger partial charge >= 0.3 is 5.97 Å².